The van der Waals surface area contributed by atoms with E-state index in [2.05, 4.69) is 15.0 Å². The molecule has 0 aliphatic carbocycles. The van der Waals surface area contributed by atoms with E-state index in [4.69, 9.17) is 19.9 Å². The Balaban J connectivity index is 1.62. The summed E-state index contributed by atoms with van der Waals surface area (Å²) in [6.07, 6.45) is -2.60. The van der Waals surface area contributed by atoms with E-state index in [-0.39, 0.29) is 28.2 Å². The van der Waals surface area contributed by atoms with Gasteiger partial charge in [-0.2, -0.15) is 0 Å². The first kappa shape index (κ1) is 30.0. The van der Waals surface area contributed by atoms with E-state index in [0.29, 0.717) is 17.7 Å². The van der Waals surface area contributed by atoms with Gasteiger partial charge in [0.1, 0.15) is 36.5 Å². The number of nitrogen functional groups attached to an aromatic ring is 1. The molecule has 2 aromatic heterocycles. The lowest BCUT2D eigenvalue weighted by atomic mass is 10.1. The van der Waals surface area contributed by atoms with Crippen molar-refractivity contribution in [2.24, 2.45) is 0 Å². The Morgan fingerprint density at radius 1 is 1.25 bits per heavy atom. The number of nitrogens with two attached hydrogens (primary N) is 1. The van der Waals surface area contributed by atoms with Gasteiger partial charge in [0.05, 0.1) is 18.3 Å². The van der Waals surface area contributed by atoms with Crippen LogP contribution in [0.25, 0.3) is 11.2 Å². The van der Waals surface area contributed by atoms with Crippen LogP contribution in [-0.4, -0.2) is 88.5 Å². The van der Waals surface area contributed by atoms with Crippen molar-refractivity contribution in [1.82, 2.24) is 19.5 Å². The van der Waals surface area contributed by atoms with E-state index in [1.165, 1.54) is 23.9 Å². The number of imidazole rings is 1. The SMILES string of the molecule is CCCC(CC)OC(=O)c1cccc(OC(Sc2nc3c(N)ncnc3n2[C@@H]2O[C@H](CO)[C@@H](O)[C@H]2O)C(C)O)c1. The summed E-state index contributed by atoms with van der Waals surface area (Å²) in [5, 5.41) is 41.4. The molecule has 218 valence electrons. The number of aliphatic hydroxyl groups is 4. The van der Waals surface area contributed by atoms with Crippen LogP contribution in [0.5, 0.6) is 5.75 Å². The molecule has 4 rings (SSSR count). The van der Waals surface area contributed by atoms with Crippen molar-refractivity contribution in [3.63, 3.8) is 0 Å². The molecule has 0 bridgehead atoms. The number of carbonyl (C=O) groups is 1. The number of carbonyl (C=O) groups excluding carboxylic acids is 1. The number of thioether (sulfide) groups is 1. The predicted octanol–water partition coefficient (Wildman–Crippen LogP) is 1.63. The van der Waals surface area contributed by atoms with E-state index in [1.807, 2.05) is 13.8 Å². The topological polar surface area (TPSA) is 195 Å². The van der Waals surface area contributed by atoms with Gasteiger partial charge in [0.2, 0.25) is 0 Å². The van der Waals surface area contributed by atoms with E-state index >= 15 is 0 Å². The van der Waals surface area contributed by atoms with E-state index in [9.17, 15) is 25.2 Å². The number of fused-ring (bicyclic) bond motifs is 1. The minimum Gasteiger partial charge on any atom is -0.477 e. The number of hydrogen-bond donors (Lipinski definition) is 5. The molecule has 0 amide bonds. The van der Waals surface area contributed by atoms with Gasteiger partial charge < -0.3 is 40.4 Å². The van der Waals surface area contributed by atoms with Gasteiger partial charge in [0.25, 0.3) is 0 Å². The van der Waals surface area contributed by atoms with Crippen molar-refractivity contribution < 1.29 is 39.4 Å². The molecule has 14 heteroatoms. The van der Waals surface area contributed by atoms with Crippen molar-refractivity contribution in [3.05, 3.63) is 36.2 Å². The van der Waals surface area contributed by atoms with Gasteiger partial charge in [-0.3, -0.25) is 4.57 Å². The average molecular weight is 578 g/mol. The van der Waals surface area contributed by atoms with Gasteiger partial charge in [-0.15, -0.1) is 0 Å². The van der Waals surface area contributed by atoms with Crippen molar-refractivity contribution >= 4 is 34.7 Å². The molecule has 0 saturated carbocycles. The largest absolute Gasteiger partial charge is 0.477 e. The van der Waals surface area contributed by atoms with Crippen molar-refractivity contribution in [1.29, 1.82) is 0 Å². The fourth-order valence-corrected chi connectivity index (χ4v) is 5.37. The molecule has 1 aliphatic rings. The van der Waals surface area contributed by atoms with Gasteiger partial charge in [-0.05, 0) is 49.7 Å². The molecule has 0 radical (unpaired) electrons. The fraction of sp³-hybridized carbons (Fsp3) is 0.538. The lowest BCUT2D eigenvalue weighted by Gasteiger charge is -2.24. The number of rotatable bonds is 12. The maximum absolute atomic E-state index is 12.7. The molecule has 40 heavy (non-hydrogen) atoms. The zero-order chi connectivity index (χ0) is 29.0. The summed E-state index contributed by atoms with van der Waals surface area (Å²) in [5.41, 5.74) is 5.82. The van der Waals surface area contributed by atoms with Crippen molar-refractivity contribution in [2.75, 3.05) is 12.3 Å². The molecule has 1 aliphatic heterocycles. The smallest absolute Gasteiger partial charge is 0.338 e. The normalized spacial score (nSPS) is 23.2. The van der Waals surface area contributed by atoms with Crippen molar-refractivity contribution in [2.45, 2.75) is 87.4 Å². The van der Waals surface area contributed by atoms with E-state index < -0.39 is 48.7 Å². The van der Waals surface area contributed by atoms with E-state index in [0.717, 1.165) is 24.6 Å². The minimum atomic E-state index is -1.42. The van der Waals surface area contributed by atoms with Crippen LogP contribution in [0.3, 0.4) is 0 Å². The number of anilines is 1. The predicted molar refractivity (Wildman–Crippen MR) is 146 cm³/mol. The lowest BCUT2D eigenvalue weighted by molar-refractivity contribution is -0.0549. The number of aliphatic hydroxyl groups excluding tert-OH is 4. The Morgan fingerprint density at radius 3 is 2.67 bits per heavy atom. The molecule has 3 heterocycles. The second-order valence-corrected chi connectivity index (χ2v) is 10.6. The number of nitrogens with zero attached hydrogens (tertiary/aromatic N) is 4. The van der Waals surface area contributed by atoms with Crippen LogP contribution in [0.2, 0.25) is 0 Å². The summed E-state index contributed by atoms with van der Waals surface area (Å²) in [4.78, 5) is 25.4. The van der Waals surface area contributed by atoms with Crippen LogP contribution in [0, 0.1) is 0 Å². The van der Waals surface area contributed by atoms with Gasteiger partial charge in [-0.25, -0.2) is 19.7 Å². The fourth-order valence-electron chi connectivity index (χ4n) is 4.36. The zero-order valence-corrected chi connectivity index (χ0v) is 23.3. The van der Waals surface area contributed by atoms with Crippen LogP contribution < -0.4 is 10.5 Å². The molecule has 1 aromatic carbocycles. The molecule has 6 N–H and O–H groups in total. The Bertz CT molecular complexity index is 1310. The van der Waals surface area contributed by atoms with E-state index in [1.54, 1.807) is 18.2 Å². The maximum Gasteiger partial charge on any atom is 0.338 e. The number of aromatic nitrogens is 4. The van der Waals surface area contributed by atoms with Gasteiger partial charge in [0.15, 0.2) is 33.8 Å². The van der Waals surface area contributed by atoms with Gasteiger partial charge in [-0.1, -0.05) is 26.3 Å². The highest BCUT2D eigenvalue weighted by Gasteiger charge is 2.45. The first-order valence-corrected chi connectivity index (χ1v) is 14.0. The number of hydrogen-bond acceptors (Lipinski definition) is 13. The van der Waals surface area contributed by atoms with Crippen LogP contribution in [0.4, 0.5) is 5.82 Å². The quantitative estimate of drug-likeness (QED) is 0.118. The summed E-state index contributed by atoms with van der Waals surface area (Å²) in [6.45, 7) is 5.00. The molecule has 7 atom stereocenters. The Labute approximate surface area is 235 Å². The average Bonchev–Trinajstić information content (AvgIpc) is 3.44. The second-order valence-electron chi connectivity index (χ2n) is 9.52. The first-order chi connectivity index (χ1) is 19.2. The van der Waals surface area contributed by atoms with Gasteiger partial charge in [0, 0.05) is 0 Å². The van der Waals surface area contributed by atoms with Crippen LogP contribution in [0.1, 0.15) is 56.6 Å². The highest BCUT2D eigenvalue weighted by Crippen LogP contribution is 2.38. The minimum absolute atomic E-state index is 0.0755. The standard InChI is InChI=1S/C26H35N5O8S/c1-4-7-15(5-2)37-24(36)14-8-6-9-16(10-14)38-25(13(3)33)40-26-30-18-21(27)28-12-29-22(18)31(26)23-20(35)19(34)17(11-32)39-23/h6,8-10,12-13,15,17,19-20,23,25,32-35H,4-5,7,11H2,1-3H3,(H2,27,28,29)/t13?,15?,17-,19-,20-,23-,25?/m1/s1. The molecule has 1 saturated heterocycles. The van der Waals surface area contributed by atoms with Crippen molar-refractivity contribution in [3.8, 4) is 5.75 Å². The molecule has 3 aromatic rings. The number of benzene rings is 1. The second kappa shape index (κ2) is 13.1. The van der Waals surface area contributed by atoms with Crippen LogP contribution in [-0.2, 0) is 9.47 Å². The molecular formula is C26H35N5O8S. The highest BCUT2D eigenvalue weighted by molar-refractivity contribution is 7.99. The maximum atomic E-state index is 12.7. The summed E-state index contributed by atoms with van der Waals surface area (Å²) >= 11 is 0.992. The molecule has 13 nitrogen and oxygen atoms in total. The number of ether oxygens (including phenoxy) is 3. The van der Waals surface area contributed by atoms with Gasteiger partial charge >= 0.3 is 5.97 Å². The lowest BCUT2D eigenvalue weighted by Crippen LogP contribution is -2.33. The first-order valence-electron chi connectivity index (χ1n) is 13.1. The highest BCUT2D eigenvalue weighted by atomic mass is 32.2. The Hall–Kier alpha value is -3.01. The third-order valence-corrected chi connectivity index (χ3v) is 7.74. The molecular weight excluding hydrogens is 542 g/mol. The summed E-state index contributed by atoms with van der Waals surface area (Å²) in [5.74, 6) is -0.0787. The van der Waals surface area contributed by atoms with Crippen LogP contribution in [0.15, 0.2) is 35.7 Å². The third-order valence-electron chi connectivity index (χ3n) is 6.52. The Morgan fingerprint density at radius 2 is 2.02 bits per heavy atom. The summed E-state index contributed by atoms with van der Waals surface area (Å²) in [7, 11) is 0. The van der Waals surface area contributed by atoms with Crippen LogP contribution >= 0.6 is 11.8 Å². The molecule has 3 unspecified atom stereocenters. The Kier molecular flexibility index (Phi) is 9.81. The molecule has 0 spiro atoms. The summed E-state index contributed by atoms with van der Waals surface area (Å²) < 4.78 is 18.9. The third kappa shape index (κ3) is 6.32. The number of esters is 1. The summed E-state index contributed by atoms with van der Waals surface area (Å²) in [6, 6.07) is 6.46. The molecule has 1 fully saturated rings. The monoisotopic (exact) mass is 577 g/mol. The zero-order valence-electron chi connectivity index (χ0n) is 22.5.